The number of fused-ring (bicyclic) bond motifs is 1. The van der Waals surface area contributed by atoms with Crippen molar-refractivity contribution in [3.63, 3.8) is 0 Å². The van der Waals surface area contributed by atoms with Gasteiger partial charge in [-0.2, -0.15) is 5.10 Å². The summed E-state index contributed by atoms with van der Waals surface area (Å²) in [6.45, 7) is 1.20. The van der Waals surface area contributed by atoms with Gasteiger partial charge in [0.05, 0.1) is 24.5 Å². The Labute approximate surface area is 218 Å². The smallest absolute Gasteiger partial charge is 0.282 e. The molecule has 5 aromatic rings. The highest BCUT2D eigenvalue weighted by Gasteiger charge is 2.44. The first-order valence-electron chi connectivity index (χ1n) is 12.1. The zero-order chi connectivity index (χ0) is 25.4. The average molecular weight is 513 g/mol. The van der Waals surface area contributed by atoms with E-state index in [0.717, 1.165) is 40.7 Å². The van der Waals surface area contributed by atoms with Crippen molar-refractivity contribution in [3.8, 4) is 11.4 Å². The Morgan fingerprint density at radius 2 is 1.95 bits per heavy atom. The molecule has 6 rings (SSSR count). The molecule has 1 fully saturated rings. The van der Waals surface area contributed by atoms with E-state index in [-0.39, 0.29) is 17.1 Å². The van der Waals surface area contributed by atoms with Crippen LogP contribution in [0.1, 0.15) is 27.3 Å². The molecule has 3 aromatic carbocycles. The molecule has 6 nitrogen and oxygen atoms in total. The summed E-state index contributed by atoms with van der Waals surface area (Å²) < 4.78 is 21.3. The second kappa shape index (κ2) is 9.44. The molecule has 8 heteroatoms. The van der Waals surface area contributed by atoms with Gasteiger partial charge in [0, 0.05) is 47.1 Å². The molecule has 186 valence electrons. The molecule has 0 aliphatic carbocycles. The molecule has 0 radical (unpaired) electrons. The van der Waals surface area contributed by atoms with Gasteiger partial charge < -0.3 is 9.64 Å². The van der Waals surface area contributed by atoms with Crippen LogP contribution in [-0.4, -0.2) is 45.8 Å². The van der Waals surface area contributed by atoms with E-state index in [1.165, 1.54) is 29.0 Å². The minimum absolute atomic E-state index is 0.0332. The first-order chi connectivity index (χ1) is 18.1. The standard InChI is InChI=1S/C29H25FN4O2S/c1-36-26-16-25-21(18-32-34(25)23-9-7-22(30)8-10-23)15-24(26)29(17-20-5-3-2-4-6-20)11-13-33(19-29)28(35)27-31-12-14-37-27/h2-10,12,14-16,18H,11,13,17,19H2,1H3. The van der Waals surface area contributed by atoms with Crippen LogP contribution in [0.4, 0.5) is 4.39 Å². The molecule has 1 saturated heterocycles. The number of aromatic nitrogens is 3. The van der Waals surface area contributed by atoms with Crippen molar-refractivity contribution < 1.29 is 13.9 Å². The molecule has 0 spiro atoms. The molecule has 3 heterocycles. The van der Waals surface area contributed by atoms with Gasteiger partial charge in [-0.15, -0.1) is 11.3 Å². The number of thiazole rings is 1. The summed E-state index contributed by atoms with van der Waals surface area (Å²) in [5, 5.41) is 7.89. The molecule has 1 aliphatic rings. The molecule has 1 unspecified atom stereocenters. The summed E-state index contributed by atoms with van der Waals surface area (Å²) in [7, 11) is 1.67. The largest absolute Gasteiger partial charge is 0.496 e. The first kappa shape index (κ1) is 23.4. The number of nitrogens with zero attached hydrogens (tertiary/aromatic N) is 4. The maximum atomic E-state index is 13.5. The maximum absolute atomic E-state index is 13.5. The third-order valence-corrected chi connectivity index (χ3v) is 7.93. The highest BCUT2D eigenvalue weighted by molar-refractivity contribution is 7.11. The van der Waals surface area contributed by atoms with Gasteiger partial charge in [-0.3, -0.25) is 4.79 Å². The lowest BCUT2D eigenvalue weighted by Gasteiger charge is -2.32. The second-order valence-electron chi connectivity index (χ2n) is 9.40. The number of carbonyl (C=O) groups is 1. The zero-order valence-corrected chi connectivity index (χ0v) is 21.1. The lowest BCUT2D eigenvalue weighted by molar-refractivity contribution is 0.0782. The Balaban J connectivity index is 1.45. The van der Waals surface area contributed by atoms with Crippen LogP contribution in [-0.2, 0) is 11.8 Å². The topological polar surface area (TPSA) is 60.2 Å². The summed E-state index contributed by atoms with van der Waals surface area (Å²) in [4.78, 5) is 19.4. The van der Waals surface area contributed by atoms with Gasteiger partial charge in [-0.05, 0) is 48.7 Å². The van der Waals surface area contributed by atoms with Crippen molar-refractivity contribution in [2.75, 3.05) is 20.2 Å². The number of hydrogen-bond donors (Lipinski definition) is 0. The van der Waals surface area contributed by atoms with Crippen LogP contribution in [0.3, 0.4) is 0 Å². The SMILES string of the molecule is COc1cc2c(cnn2-c2ccc(F)cc2)cc1C1(Cc2ccccc2)CCN(C(=O)c2nccs2)C1. The van der Waals surface area contributed by atoms with Crippen molar-refractivity contribution in [1.82, 2.24) is 19.7 Å². The van der Waals surface area contributed by atoms with Crippen LogP contribution in [0.15, 0.2) is 84.5 Å². The quantitative estimate of drug-likeness (QED) is 0.295. The average Bonchev–Trinajstić information content (AvgIpc) is 3.69. The highest BCUT2D eigenvalue weighted by Crippen LogP contribution is 2.44. The molecular formula is C29H25FN4O2S. The summed E-state index contributed by atoms with van der Waals surface area (Å²) in [5.41, 5.74) is 3.56. The fourth-order valence-corrected chi connectivity index (χ4v) is 5.98. The predicted octanol–water partition coefficient (Wildman–Crippen LogP) is 5.66. The van der Waals surface area contributed by atoms with Gasteiger partial charge in [0.1, 0.15) is 11.6 Å². The summed E-state index contributed by atoms with van der Waals surface area (Å²) >= 11 is 1.37. The molecule has 37 heavy (non-hydrogen) atoms. The Kier molecular flexibility index (Phi) is 5.96. The fraction of sp³-hybridized carbons (Fsp3) is 0.207. The number of ether oxygens (including phenoxy) is 1. The van der Waals surface area contributed by atoms with E-state index in [1.54, 1.807) is 30.1 Å². The maximum Gasteiger partial charge on any atom is 0.282 e. The van der Waals surface area contributed by atoms with Gasteiger partial charge in [-0.1, -0.05) is 30.3 Å². The van der Waals surface area contributed by atoms with Crippen molar-refractivity contribution in [3.05, 3.63) is 106 Å². The Morgan fingerprint density at radius 1 is 1.14 bits per heavy atom. The number of methoxy groups -OCH3 is 1. The summed E-state index contributed by atoms with van der Waals surface area (Å²) in [6.07, 6.45) is 5.06. The van der Waals surface area contributed by atoms with E-state index in [9.17, 15) is 9.18 Å². The van der Waals surface area contributed by atoms with Crippen LogP contribution in [0.2, 0.25) is 0 Å². The van der Waals surface area contributed by atoms with Crippen LogP contribution in [0.25, 0.3) is 16.6 Å². The third-order valence-electron chi connectivity index (χ3n) is 7.17. The van der Waals surface area contributed by atoms with Gasteiger partial charge in [0.25, 0.3) is 5.91 Å². The molecule has 0 saturated carbocycles. The van der Waals surface area contributed by atoms with E-state index in [0.29, 0.717) is 18.1 Å². The van der Waals surface area contributed by atoms with E-state index in [2.05, 4.69) is 28.3 Å². The summed E-state index contributed by atoms with van der Waals surface area (Å²) in [5.74, 6) is 0.422. The molecule has 0 N–H and O–H groups in total. The number of carbonyl (C=O) groups excluding carboxylic acids is 1. The van der Waals surface area contributed by atoms with Crippen LogP contribution >= 0.6 is 11.3 Å². The Bertz CT molecular complexity index is 1550. The Morgan fingerprint density at radius 3 is 2.68 bits per heavy atom. The fourth-order valence-electron chi connectivity index (χ4n) is 5.38. The second-order valence-corrected chi connectivity index (χ2v) is 10.3. The van der Waals surface area contributed by atoms with E-state index in [1.807, 2.05) is 40.7 Å². The first-order valence-corrected chi connectivity index (χ1v) is 13.0. The Hall–Kier alpha value is -4.04. The molecule has 1 atom stereocenters. The van der Waals surface area contributed by atoms with Crippen molar-refractivity contribution in [2.24, 2.45) is 0 Å². The van der Waals surface area contributed by atoms with E-state index in [4.69, 9.17) is 4.74 Å². The van der Waals surface area contributed by atoms with Crippen LogP contribution in [0.5, 0.6) is 5.75 Å². The third kappa shape index (κ3) is 4.27. The number of halogens is 1. The zero-order valence-electron chi connectivity index (χ0n) is 20.3. The van der Waals surface area contributed by atoms with Gasteiger partial charge in [-0.25, -0.2) is 14.1 Å². The minimum Gasteiger partial charge on any atom is -0.496 e. The van der Waals surface area contributed by atoms with E-state index < -0.39 is 0 Å². The number of likely N-dealkylation sites (tertiary alicyclic amines) is 1. The predicted molar refractivity (Wildman–Crippen MR) is 142 cm³/mol. The molecule has 2 aromatic heterocycles. The van der Waals surface area contributed by atoms with Crippen LogP contribution in [0, 0.1) is 5.82 Å². The van der Waals surface area contributed by atoms with Gasteiger partial charge in [0.15, 0.2) is 5.01 Å². The highest BCUT2D eigenvalue weighted by atomic mass is 32.1. The number of hydrogen-bond acceptors (Lipinski definition) is 5. The van der Waals surface area contributed by atoms with Crippen molar-refractivity contribution >= 4 is 28.1 Å². The number of rotatable bonds is 6. The number of benzene rings is 3. The molecule has 0 bridgehead atoms. The lowest BCUT2D eigenvalue weighted by atomic mass is 9.74. The lowest BCUT2D eigenvalue weighted by Crippen LogP contribution is -2.36. The normalized spacial score (nSPS) is 17.4. The molecular weight excluding hydrogens is 487 g/mol. The molecule has 1 aliphatic heterocycles. The monoisotopic (exact) mass is 512 g/mol. The van der Waals surface area contributed by atoms with Crippen LogP contribution < -0.4 is 4.74 Å². The van der Waals surface area contributed by atoms with Gasteiger partial charge in [0.2, 0.25) is 0 Å². The number of amides is 1. The van der Waals surface area contributed by atoms with Crippen molar-refractivity contribution in [2.45, 2.75) is 18.3 Å². The molecule has 1 amide bonds. The van der Waals surface area contributed by atoms with E-state index >= 15 is 0 Å². The summed E-state index contributed by atoms with van der Waals surface area (Å²) in [6, 6.07) is 20.8. The minimum atomic E-state index is -0.341. The van der Waals surface area contributed by atoms with Crippen molar-refractivity contribution in [1.29, 1.82) is 0 Å². The van der Waals surface area contributed by atoms with Gasteiger partial charge >= 0.3 is 0 Å².